The van der Waals surface area contributed by atoms with Crippen LogP contribution in [0.2, 0.25) is 0 Å². The zero-order valence-corrected chi connectivity index (χ0v) is 14.1. The highest BCUT2D eigenvalue weighted by Gasteiger charge is 2.05. The number of amides is 1. The second-order valence-electron chi connectivity index (χ2n) is 5.61. The topological polar surface area (TPSA) is 69.3 Å². The Morgan fingerprint density at radius 1 is 1.24 bits per heavy atom. The fourth-order valence-corrected chi connectivity index (χ4v) is 2.49. The molecule has 0 aliphatic carbocycles. The molecule has 3 rings (SSSR count). The molecule has 1 amide bonds. The third-order valence-corrected chi connectivity index (χ3v) is 3.75. The molecule has 0 saturated heterocycles. The summed E-state index contributed by atoms with van der Waals surface area (Å²) in [6, 6.07) is 9.48. The van der Waals surface area contributed by atoms with E-state index in [0.29, 0.717) is 26.1 Å². The number of furan rings is 1. The van der Waals surface area contributed by atoms with Gasteiger partial charge in [0.1, 0.15) is 5.75 Å². The van der Waals surface area contributed by atoms with Gasteiger partial charge >= 0.3 is 0 Å². The summed E-state index contributed by atoms with van der Waals surface area (Å²) in [6.45, 7) is 3.73. The van der Waals surface area contributed by atoms with Gasteiger partial charge in [-0.1, -0.05) is 12.1 Å². The highest BCUT2D eigenvalue weighted by molar-refractivity contribution is 5.78. The van der Waals surface area contributed by atoms with E-state index in [9.17, 15) is 4.79 Å². The fourth-order valence-electron chi connectivity index (χ4n) is 2.49. The summed E-state index contributed by atoms with van der Waals surface area (Å²) >= 11 is 0. The van der Waals surface area contributed by atoms with Crippen LogP contribution in [0.1, 0.15) is 12.5 Å². The highest BCUT2D eigenvalue weighted by Crippen LogP contribution is 2.18. The summed E-state index contributed by atoms with van der Waals surface area (Å²) in [7, 11) is 0. The summed E-state index contributed by atoms with van der Waals surface area (Å²) in [5, 5.41) is 7.20. The normalized spacial score (nSPS) is 10.6. The monoisotopic (exact) mass is 339 g/mol. The van der Waals surface area contributed by atoms with E-state index in [1.54, 1.807) is 23.4 Å². The Labute approximate surface area is 146 Å². The van der Waals surface area contributed by atoms with Gasteiger partial charge in [-0.2, -0.15) is 5.10 Å². The van der Waals surface area contributed by atoms with Crippen molar-refractivity contribution >= 4 is 5.91 Å². The Morgan fingerprint density at radius 3 is 2.80 bits per heavy atom. The lowest BCUT2D eigenvalue weighted by atomic mass is 10.1. The number of rotatable bonds is 8. The molecule has 0 spiro atoms. The molecule has 2 heterocycles. The van der Waals surface area contributed by atoms with Gasteiger partial charge in [0.2, 0.25) is 5.91 Å². The molecule has 2 aromatic heterocycles. The van der Waals surface area contributed by atoms with E-state index in [2.05, 4.69) is 10.4 Å². The number of benzene rings is 1. The van der Waals surface area contributed by atoms with Gasteiger partial charge in [-0.15, -0.1) is 0 Å². The quantitative estimate of drug-likeness (QED) is 0.685. The number of carbonyl (C=O) groups excluding carboxylic acids is 1. The Balaban J connectivity index is 1.43. The Kier molecular flexibility index (Phi) is 5.51. The maximum absolute atomic E-state index is 12.0. The van der Waals surface area contributed by atoms with Gasteiger partial charge < -0.3 is 14.5 Å². The van der Waals surface area contributed by atoms with Gasteiger partial charge in [0, 0.05) is 23.9 Å². The van der Waals surface area contributed by atoms with Crippen LogP contribution >= 0.6 is 0 Å². The van der Waals surface area contributed by atoms with Gasteiger partial charge in [-0.3, -0.25) is 9.48 Å². The minimum atomic E-state index is -0.00799. The lowest BCUT2D eigenvalue weighted by Crippen LogP contribution is -2.28. The van der Waals surface area contributed by atoms with Crippen LogP contribution in [0.5, 0.6) is 5.75 Å². The van der Waals surface area contributed by atoms with E-state index in [0.717, 1.165) is 22.4 Å². The van der Waals surface area contributed by atoms with Crippen molar-refractivity contribution in [1.82, 2.24) is 15.1 Å². The van der Waals surface area contributed by atoms with E-state index in [1.807, 2.05) is 43.5 Å². The molecular weight excluding hydrogens is 318 g/mol. The zero-order valence-electron chi connectivity index (χ0n) is 14.1. The third-order valence-electron chi connectivity index (χ3n) is 3.75. The van der Waals surface area contributed by atoms with Crippen LogP contribution < -0.4 is 10.1 Å². The number of aromatic nitrogens is 2. The number of nitrogens with zero attached hydrogens (tertiary/aromatic N) is 2. The number of carbonyl (C=O) groups is 1. The molecule has 0 bridgehead atoms. The molecule has 25 heavy (non-hydrogen) atoms. The molecule has 6 heteroatoms. The molecule has 0 fully saturated rings. The second kappa shape index (κ2) is 8.19. The van der Waals surface area contributed by atoms with Crippen LogP contribution in [0.25, 0.3) is 11.1 Å². The van der Waals surface area contributed by atoms with Crippen LogP contribution in [0, 0.1) is 0 Å². The summed E-state index contributed by atoms with van der Waals surface area (Å²) in [6.07, 6.45) is 7.38. The first kappa shape index (κ1) is 16.8. The summed E-state index contributed by atoms with van der Waals surface area (Å²) in [4.78, 5) is 12.0. The first-order valence-corrected chi connectivity index (χ1v) is 8.28. The molecule has 0 atom stereocenters. The molecule has 130 valence electrons. The molecule has 0 aliphatic rings. The van der Waals surface area contributed by atoms with E-state index in [-0.39, 0.29) is 5.91 Å². The van der Waals surface area contributed by atoms with E-state index in [4.69, 9.17) is 9.15 Å². The van der Waals surface area contributed by atoms with Crippen molar-refractivity contribution in [2.24, 2.45) is 0 Å². The largest absolute Gasteiger partial charge is 0.494 e. The van der Waals surface area contributed by atoms with Crippen molar-refractivity contribution in [1.29, 1.82) is 0 Å². The molecule has 0 radical (unpaired) electrons. The number of nitrogens with one attached hydrogen (secondary N) is 1. The summed E-state index contributed by atoms with van der Waals surface area (Å²) < 4.78 is 12.3. The van der Waals surface area contributed by atoms with Gasteiger partial charge in [-0.25, -0.2) is 0 Å². The number of hydrogen-bond donors (Lipinski definition) is 1. The average Bonchev–Trinajstić information content (AvgIpc) is 3.28. The molecule has 6 nitrogen and oxygen atoms in total. The predicted octanol–water partition coefficient (Wildman–Crippen LogP) is 2.90. The predicted molar refractivity (Wildman–Crippen MR) is 94.3 cm³/mol. The third kappa shape index (κ3) is 4.73. The second-order valence-corrected chi connectivity index (χ2v) is 5.61. The summed E-state index contributed by atoms with van der Waals surface area (Å²) in [5.41, 5.74) is 2.95. The summed E-state index contributed by atoms with van der Waals surface area (Å²) in [5.74, 6) is 0.810. The van der Waals surface area contributed by atoms with Crippen LogP contribution in [0.3, 0.4) is 0 Å². The van der Waals surface area contributed by atoms with Crippen molar-refractivity contribution in [2.75, 3.05) is 13.2 Å². The number of ether oxygens (including phenoxy) is 1. The van der Waals surface area contributed by atoms with Crippen molar-refractivity contribution in [3.63, 3.8) is 0 Å². The highest BCUT2D eigenvalue weighted by atomic mass is 16.5. The van der Waals surface area contributed by atoms with Crippen molar-refractivity contribution in [3.05, 3.63) is 60.8 Å². The first-order chi connectivity index (χ1) is 12.2. The Morgan fingerprint density at radius 2 is 2.08 bits per heavy atom. The van der Waals surface area contributed by atoms with Crippen molar-refractivity contribution in [2.45, 2.75) is 19.9 Å². The Hall–Kier alpha value is -3.02. The minimum Gasteiger partial charge on any atom is -0.494 e. The van der Waals surface area contributed by atoms with Crippen LogP contribution in [0.4, 0.5) is 0 Å². The standard InChI is InChI=1S/C19H21N3O3/c1-2-25-18-5-3-15(4-6-18)11-19(23)20-8-9-22-13-17(12-21-22)16-7-10-24-14-16/h3-7,10,12-14H,2,8-9,11H2,1H3,(H,20,23). The van der Waals surface area contributed by atoms with E-state index >= 15 is 0 Å². The fraction of sp³-hybridized carbons (Fsp3) is 0.263. The molecule has 1 aromatic carbocycles. The average molecular weight is 339 g/mol. The van der Waals surface area contributed by atoms with Gasteiger partial charge in [0.25, 0.3) is 0 Å². The number of hydrogen-bond acceptors (Lipinski definition) is 4. The smallest absolute Gasteiger partial charge is 0.224 e. The Bertz CT molecular complexity index is 792. The molecule has 1 N–H and O–H groups in total. The first-order valence-electron chi connectivity index (χ1n) is 8.28. The van der Waals surface area contributed by atoms with Gasteiger partial charge in [0.15, 0.2) is 0 Å². The molecule has 0 saturated carbocycles. The van der Waals surface area contributed by atoms with Crippen LogP contribution in [-0.2, 0) is 17.8 Å². The lowest BCUT2D eigenvalue weighted by molar-refractivity contribution is -0.120. The van der Waals surface area contributed by atoms with Gasteiger partial charge in [-0.05, 0) is 30.7 Å². The maximum atomic E-state index is 12.0. The van der Waals surface area contributed by atoms with E-state index in [1.165, 1.54) is 0 Å². The lowest BCUT2D eigenvalue weighted by Gasteiger charge is -2.07. The van der Waals surface area contributed by atoms with E-state index < -0.39 is 0 Å². The van der Waals surface area contributed by atoms with Gasteiger partial charge in [0.05, 0.1) is 38.3 Å². The zero-order chi connectivity index (χ0) is 17.5. The van der Waals surface area contributed by atoms with Crippen molar-refractivity contribution < 1.29 is 13.9 Å². The van der Waals surface area contributed by atoms with Crippen LogP contribution in [0.15, 0.2) is 59.7 Å². The molecular formula is C19H21N3O3. The van der Waals surface area contributed by atoms with Crippen molar-refractivity contribution in [3.8, 4) is 16.9 Å². The molecule has 3 aromatic rings. The minimum absolute atomic E-state index is 0.00799. The SMILES string of the molecule is CCOc1ccc(CC(=O)NCCn2cc(-c3ccoc3)cn2)cc1. The molecule has 0 aliphatic heterocycles. The maximum Gasteiger partial charge on any atom is 0.224 e. The van der Waals surface area contributed by atoms with Crippen LogP contribution in [-0.4, -0.2) is 28.8 Å². The molecule has 0 unspecified atom stereocenters.